The van der Waals surface area contributed by atoms with E-state index in [1.165, 1.54) is 44.3 Å². The van der Waals surface area contributed by atoms with E-state index in [4.69, 9.17) is 11.6 Å². The number of fused-ring (bicyclic) bond motifs is 4. The van der Waals surface area contributed by atoms with E-state index in [2.05, 4.69) is 183 Å². The van der Waals surface area contributed by atoms with Gasteiger partial charge >= 0.3 is 0 Å². The van der Waals surface area contributed by atoms with Gasteiger partial charge in [0.15, 0.2) is 0 Å². The zero-order valence-electron chi connectivity index (χ0n) is 25.3. The second-order valence-corrected chi connectivity index (χ2v) is 13.3. The number of para-hydroxylation sites is 2. The van der Waals surface area contributed by atoms with Crippen molar-refractivity contribution in [1.82, 2.24) is 0 Å². The van der Waals surface area contributed by atoms with Crippen molar-refractivity contribution in [2.45, 2.75) is 0 Å². The lowest BCUT2D eigenvalue weighted by Gasteiger charge is -2.44. The van der Waals surface area contributed by atoms with Gasteiger partial charge in [0.2, 0.25) is 0 Å². The second kappa shape index (κ2) is 11.3. The summed E-state index contributed by atoms with van der Waals surface area (Å²) in [5, 5.41) is 0.718. The van der Waals surface area contributed by atoms with Gasteiger partial charge in [0.25, 0.3) is 6.71 Å². The topological polar surface area (TPSA) is 6.48 Å². The molecule has 0 bridgehead atoms. The average molecular weight is 686 g/mol. The van der Waals surface area contributed by atoms with Crippen molar-refractivity contribution in [2.24, 2.45) is 0 Å². The third kappa shape index (κ3) is 4.55. The number of rotatable bonds is 4. The van der Waals surface area contributed by atoms with Crippen LogP contribution in [0, 0.1) is 0 Å². The van der Waals surface area contributed by atoms with Crippen LogP contribution < -0.4 is 26.2 Å². The third-order valence-electron chi connectivity index (χ3n) is 9.38. The van der Waals surface area contributed by atoms with Crippen LogP contribution in [0.15, 0.2) is 168 Å². The molecule has 7 aromatic rings. The minimum absolute atomic E-state index is 0.0249. The standard InChI is InChI=1S/C42H27BBrClN2/c44-30-22-24-34-40(26-30)46(36-18-9-7-16-32(36)28-12-3-1-4-13-28)38-20-11-21-39-42(38)43(34)35-25-23-31(45)27-41(35)47(39)37-19-10-8-17-33(37)29-14-5-2-6-15-29/h1-27H. The van der Waals surface area contributed by atoms with E-state index in [0.717, 1.165) is 37.9 Å². The third-order valence-corrected chi connectivity index (χ3v) is 10.1. The van der Waals surface area contributed by atoms with Gasteiger partial charge in [-0.15, -0.1) is 0 Å². The first-order valence-corrected chi connectivity index (χ1v) is 17.0. The molecule has 47 heavy (non-hydrogen) atoms. The minimum Gasteiger partial charge on any atom is -0.311 e. The zero-order chi connectivity index (χ0) is 31.5. The lowest BCUT2D eigenvalue weighted by Crippen LogP contribution is -2.61. The molecule has 2 heterocycles. The lowest BCUT2D eigenvalue weighted by atomic mass is 9.33. The maximum Gasteiger partial charge on any atom is 0.252 e. The molecule has 0 radical (unpaired) electrons. The van der Waals surface area contributed by atoms with Crippen LogP contribution in [0.2, 0.25) is 5.02 Å². The Morgan fingerprint density at radius 2 is 0.894 bits per heavy atom. The Hall–Kier alpha value is -5.03. The van der Waals surface area contributed by atoms with E-state index in [9.17, 15) is 0 Å². The lowest BCUT2D eigenvalue weighted by molar-refractivity contribution is 1.25. The smallest absolute Gasteiger partial charge is 0.252 e. The van der Waals surface area contributed by atoms with Crippen LogP contribution in [0.5, 0.6) is 0 Å². The van der Waals surface area contributed by atoms with E-state index in [1.807, 2.05) is 6.07 Å². The normalized spacial score (nSPS) is 12.8. The van der Waals surface area contributed by atoms with E-state index < -0.39 is 0 Å². The van der Waals surface area contributed by atoms with Crippen molar-refractivity contribution in [3.8, 4) is 22.3 Å². The molecule has 5 heteroatoms. The molecular weight excluding hydrogens is 659 g/mol. The molecule has 0 saturated heterocycles. The van der Waals surface area contributed by atoms with E-state index in [0.29, 0.717) is 0 Å². The van der Waals surface area contributed by atoms with E-state index in [1.54, 1.807) is 0 Å². The Labute approximate surface area is 288 Å². The molecule has 0 aliphatic carbocycles. The molecule has 9 rings (SSSR count). The molecule has 0 unspecified atom stereocenters. The van der Waals surface area contributed by atoms with Crippen molar-refractivity contribution in [2.75, 3.05) is 9.80 Å². The summed E-state index contributed by atoms with van der Waals surface area (Å²) in [6.45, 7) is 0.0249. The molecule has 7 aromatic carbocycles. The Bertz CT molecular complexity index is 2150. The van der Waals surface area contributed by atoms with Crippen LogP contribution in [0.4, 0.5) is 34.1 Å². The molecule has 0 spiro atoms. The molecule has 2 nitrogen and oxygen atoms in total. The zero-order valence-corrected chi connectivity index (χ0v) is 27.7. The van der Waals surface area contributed by atoms with Gasteiger partial charge in [-0.05, 0) is 76.0 Å². The van der Waals surface area contributed by atoms with Gasteiger partial charge in [-0.2, -0.15) is 0 Å². The molecule has 0 atom stereocenters. The summed E-state index contributed by atoms with van der Waals surface area (Å²) in [4.78, 5) is 4.88. The highest BCUT2D eigenvalue weighted by Crippen LogP contribution is 2.48. The van der Waals surface area contributed by atoms with Crippen LogP contribution in [0.25, 0.3) is 22.3 Å². The predicted octanol–water partition coefficient (Wildman–Crippen LogP) is 10.5. The van der Waals surface area contributed by atoms with Gasteiger partial charge in [-0.3, -0.25) is 0 Å². The van der Waals surface area contributed by atoms with Crippen molar-refractivity contribution in [3.05, 3.63) is 173 Å². The van der Waals surface area contributed by atoms with Crippen molar-refractivity contribution >= 4 is 84.8 Å². The largest absolute Gasteiger partial charge is 0.311 e. The molecule has 0 aromatic heterocycles. The highest BCUT2D eigenvalue weighted by Gasteiger charge is 2.43. The van der Waals surface area contributed by atoms with Crippen molar-refractivity contribution < 1.29 is 0 Å². The summed E-state index contributed by atoms with van der Waals surface area (Å²) in [6, 6.07) is 58.6. The second-order valence-electron chi connectivity index (χ2n) is 12.0. The number of halogens is 2. The van der Waals surface area contributed by atoms with Crippen LogP contribution >= 0.6 is 27.5 Å². The highest BCUT2D eigenvalue weighted by molar-refractivity contribution is 9.10. The van der Waals surface area contributed by atoms with E-state index >= 15 is 0 Å². The predicted molar refractivity (Wildman–Crippen MR) is 204 cm³/mol. The number of benzene rings is 7. The molecule has 0 amide bonds. The first-order valence-electron chi connectivity index (χ1n) is 15.8. The molecule has 0 fully saturated rings. The Kier molecular flexibility index (Phi) is 6.81. The van der Waals surface area contributed by atoms with Gasteiger partial charge < -0.3 is 9.80 Å². The fourth-order valence-electron chi connectivity index (χ4n) is 7.45. The van der Waals surface area contributed by atoms with Gasteiger partial charge in [0, 0.05) is 43.4 Å². The first-order chi connectivity index (χ1) is 23.2. The number of anilines is 6. The van der Waals surface area contributed by atoms with Crippen LogP contribution in [-0.4, -0.2) is 6.71 Å². The molecule has 2 aliphatic heterocycles. The minimum atomic E-state index is 0.0249. The molecule has 0 N–H and O–H groups in total. The number of nitrogens with zero attached hydrogens (tertiary/aromatic N) is 2. The number of hydrogen-bond acceptors (Lipinski definition) is 2. The quantitative estimate of drug-likeness (QED) is 0.170. The van der Waals surface area contributed by atoms with Gasteiger partial charge in [-0.25, -0.2) is 0 Å². The summed E-state index contributed by atoms with van der Waals surface area (Å²) >= 11 is 10.6. The van der Waals surface area contributed by atoms with Gasteiger partial charge in [0.05, 0.1) is 11.4 Å². The summed E-state index contributed by atoms with van der Waals surface area (Å²) in [7, 11) is 0. The molecule has 222 valence electrons. The Balaban J connectivity index is 1.36. The highest BCUT2D eigenvalue weighted by atomic mass is 79.9. The van der Waals surface area contributed by atoms with E-state index in [-0.39, 0.29) is 6.71 Å². The average Bonchev–Trinajstić information content (AvgIpc) is 3.12. The molecular formula is C42H27BBrClN2. The van der Waals surface area contributed by atoms with Crippen LogP contribution in [0.3, 0.4) is 0 Å². The fraction of sp³-hybridized carbons (Fsp3) is 0. The van der Waals surface area contributed by atoms with Gasteiger partial charge in [0.1, 0.15) is 0 Å². The summed E-state index contributed by atoms with van der Waals surface area (Å²) in [5.74, 6) is 0. The first kappa shape index (κ1) is 28.2. The van der Waals surface area contributed by atoms with Crippen molar-refractivity contribution in [1.29, 1.82) is 0 Å². The fourth-order valence-corrected chi connectivity index (χ4v) is 7.97. The van der Waals surface area contributed by atoms with Crippen molar-refractivity contribution in [3.63, 3.8) is 0 Å². The number of hydrogen-bond donors (Lipinski definition) is 0. The molecule has 0 saturated carbocycles. The maximum absolute atomic E-state index is 6.81. The SMILES string of the molecule is Clc1ccc2c(c1)N(c1ccccc1-c1ccccc1)c1cccc3c1B2c1ccc(Br)cc1N3c1ccccc1-c1ccccc1. The summed E-state index contributed by atoms with van der Waals surface area (Å²) < 4.78 is 1.05. The summed E-state index contributed by atoms with van der Waals surface area (Å²) in [6.07, 6.45) is 0. The Morgan fingerprint density at radius 1 is 0.426 bits per heavy atom. The Morgan fingerprint density at radius 3 is 1.47 bits per heavy atom. The maximum atomic E-state index is 6.81. The summed E-state index contributed by atoms with van der Waals surface area (Å²) in [5.41, 5.74) is 15.3. The van der Waals surface area contributed by atoms with Gasteiger partial charge in [-0.1, -0.05) is 143 Å². The van der Waals surface area contributed by atoms with Crippen LogP contribution in [-0.2, 0) is 0 Å². The molecule has 2 aliphatic rings. The monoisotopic (exact) mass is 684 g/mol. The van der Waals surface area contributed by atoms with Crippen LogP contribution in [0.1, 0.15) is 0 Å².